The highest BCUT2D eigenvalue weighted by molar-refractivity contribution is 5.78. The highest BCUT2D eigenvalue weighted by atomic mass is 16.3. The van der Waals surface area contributed by atoms with Gasteiger partial charge in [0, 0.05) is 24.8 Å². The summed E-state index contributed by atoms with van der Waals surface area (Å²) in [6.07, 6.45) is 11.6. The number of aliphatic hydroxyl groups is 1. The molecule has 0 rings (SSSR count). The highest BCUT2D eigenvalue weighted by Gasteiger charge is 2.13. The molecule has 4 N–H and O–H groups in total. The lowest BCUT2D eigenvalue weighted by molar-refractivity contribution is -0.121. The van der Waals surface area contributed by atoms with Crippen molar-refractivity contribution in [1.29, 1.82) is 0 Å². The molecule has 5 heteroatoms. The Morgan fingerprint density at radius 1 is 1.04 bits per heavy atom. The lowest BCUT2D eigenvalue weighted by atomic mass is 9.94. The first-order valence-corrected chi connectivity index (χ1v) is 11.1. The molecule has 0 saturated heterocycles. The molecule has 1 amide bonds. The number of nitrogens with one attached hydrogen (secondary N) is 1. The summed E-state index contributed by atoms with van der Waals surface area (Å²) in [7, 11) is 0. The Morgan fingerprint density at radius 3 is 1.86 bits per heavy atom. The molecule has 0 aromatic rings. The smallest absolute Gasteiger partial charge is 0.207 e. The maximum atomic E-state index is 11.1. The Morgan fingerprint density at radius 2 is 1.54 bits per heavy atom. The van der Waals surface area contributed by atoms with Crippen molar-refractivity contribution in [2.45, 2.75) is 106 Å². The molecule has 1 atom stereocenters. The molecule has 28 heavy (non-hydrogen) atoms. The molecular formula is C23H50N2O3. The molecule has 0 radical (unpaired) electrons. The first-order chi connectivity index (χ1) is 13.4. The zero-order chi connectivity index (χ0) is 22.6. The van der Waals surface area contributed by atoms with Gasteiger partial charge in [-0.3, -0.25) is 9.59 Å². The van der Waals surface area contributed by atoms with Gasteiger partial charge in [-0.15, -0.1) is 0 Å². The van der Waals surface area contributed by atoms with Gasteiger partial charge < -0.3 is 16.2 Å². The first-order valence-electron chi connectivity index (χ1n) is 11.1. The summed E-state index contributed by atoms with van der Waals surface area (Å²) in [5.74, 6) is 0.331. The molecule has 1 unspecified atom stereocenters. The van der Waals surface area contributed by atoms with Crippen LogP contribution in [-0.4, -0.2) is 30.5 Å². The van der Waals surface area contributed by atoms with E-state index < -0.39 is 0 Å². The fourth-order valence-corrected chi connectivity index (χ4v) is 2.11. The Balaban J connectivity index is -0.000000156. The van der Waals surface area contributed by atoms with E-state index in [1.807, 2.05) is 13.8 Å². The molecule has 0 aliphatic rings. The Kier molecular flexibility index (Phi) is 40.6. The Bertz CT molecular complexity index is 317. The van der Waals surface area contributed by atoms with E-state index in [2.05, 4.69) is 32.7 Å². The monoisotopic (exact) mass is 402 g/mol. The first kappa shape index (κ1) is 34.2. The number of allylic oxidation sites excluding steroid dienone is 1. The standard InChI is InChI=1S/C10H19NO.C6H14.C5H11NO2.C2H6/c1-4-5-6-10(9(3)12)7-8(2)11;1-3-5-6-4-2;7-4-2-1-3-6-5-8;1-2/h10H,2,4-7,11H2,1,3H3;3-6H2,1-2H3;5,7H,1-4H2,(H,6,8);1-2H3. The van der Waals surface area contributed by atoms with Crippen LogP contribution in [0.4, 0.5) is 0 Å². The second kappa shape index (κ2) is 33.2. The summed E-state index contributed by atoms with van der Waals surface area (Å²) in [4.78, 5) is 20.7. The van der Waals surface area contributed by atoms with Crippen LogP contribution in [0, 0.1) is 5.92 Å². The van der Waals surface area contributed by atoms with E-state index in [0.29, 0.717) is 25.1 Å². The quantitative estimate of drug-likeness (QED) is 0.269. The fourth-order valence-electron chi connectivity index (χ4n) is 2.11. The van der Waals surface area contributed by atoms with E-state index in [0.717, 1.165) is 32.1 Å². The van der Waals surface area contributed by atoms with Crippen LogP contribution in [0.25, 0.3) is 0 Å². The van der Waals surface area contributed by atoms with Crippen molar-refractivity contribution in [3.05, 3.63) is 12.3 Å². The van der Waals surface area contributed by atoms with Crippen LogP contribution in [0.2, 0.25) is 0 Å². The van der Waals surface area contributed by atoms with Crippen LogP contribution in [0.15, 0.2) is 12.3 Å². The van der Waals surface area contributed by atoms with Crippen LogP contribution in [-0.2, 0) is 9.59 Å². The molecule has 0 aliphatic heterocycles. The molecule has 0 fully saturated rings. The number of nitrogens with two attached hydrogens (primary N) is 1. The summed E-state index contributed by atoms with van der Waals surface area (Å²) in [6.45, 7) is 16.7. The molecular weight excluding hydrogens is 352 g/mol. The molecule has 0 heterocycles. The maximum Gasteiger partial charge on any atom is 0.207 e. The summed E-state index contributed by atoms with van der Waals surface area (Å²) in [5, 5.41) is 10.7. The number of hydrogen-bond acceptors (Lipinski definition) is 4. The molecule has 0 aliphatic carbocycles. The van der Waals surface area contributed by atoms with E-state index in [9.17, 15) is 9.59 Å². The van der Waals surface area contributed by atoms with Crippen molar-refractivity contribution in [2.75, 3.05) is 13.2 Å². The van der Waals surface area contributed by atoms with Crippen LogP contribution >= 0.6 is 0 Å². The number of hydrogen-bond donors (Lipinski definition) is 3. The number of Topliss-reactive ketones (excluding diaryl/α,β-unsaturated/α-hetero) is 1. The van der Waals surface area contributed by atoms with E-state index in [4.69, 9.17) is 10.8 Å². The Labute approximate surface area is 175 Å². The van der Waals surface area contributed by atoms with Gasteiger partial charge in [0.15, 0.2) is 0 Å². The normalized spacial score (nSPS) is 9.96. The van der Waals surface area contributed by atoms with Gasteiger partial charge in [-0.2, -0.15) is 0 Å². The largest absolute Gasteiger partial charge is 0.402 e. The van der Waals surface area contributed by atoms with Gasteiger partial charge in [0.2, 0.25) is 6.41 Å². The topological polar surface area (TPSA) is 92.4 Å². The van der Waals surface area contributed by atoms with Crippen molar-refractivity contribution in [3.63, 3.8) is 0 Å². The number of rotatable bonds is 14. The molecule has 0 spiro atoms. The van der Waals surface area contributed by atoms with Crippen molar-refractivity contribution in [1.82, 2.24) is 5.32 Å². The summed E-state index contributed by atoms with van der Waals surface area (Å²) in [6, 6.07) is 0. The lowest BCUT2D eigenvalue weighted by Gasteiger charge is -2.12. The second-order valence-electron chi connectivity index (χ2n) is 6.52. The minimum absolute atomic E-state index is 0.0995. The average Bonchev–Trinajstić information content (AvgIpc) is 2.69. The van der Waals surface area contributed by atoms with Gasteiger partial charge in [-0.05, 0) is 32.6 Å². The van der Waals surface area contributed by atoms with Gasteiger partial charge >= 0.3 is 0 Å². The lowest BCUT2D eigenvalue weighted by Crippen LogP contribution is -2.14. The second-order valence-corrected chi connectivity index (χ2v) is 6.52. The minimum Gasteiger partial charge on any atom is -0.402 e. The summed E-state index contributed by atoms with van der Waals surface area (Å²) < 4.78 is 0. The predicted octanol–water partition coefficient (Wildman–Crippen LogP) is 5.36. The average molecular weight is 403 g/mol. The molecule has 0 aromatic carbocycles. The number of carbonyl (C=O) groups excluding carboxylic acids is 2. The van der Waals surface area contributed by atoms with E-state index in [1.165, 1.54) is 25.7 Å². The van der Waals surface area contributed by atoms with Crippen LogP contribution in [0.1, 0.15) is 106 Å². The van der Waals surface area contributed by atoms with Crippen LogP contribution in [0.3, 0.4) is 0 Å². The van der Waals surface area contributed by atoms with Crippen LogP contribution in [0.5, 0.6) is 0 Å². The molecule has 0 saturated carbocycles. The van der Waals surface area contributed by atoms with Gasteiger partial charge in [0.25, 0.3) is 0 Å². The molecule has 5 nitrogen and oxygen atoms in total. The van der Waals surface area contributed by atoms with Gasteiger partial charge in [-0.25, -0.2) is 0 Å². The maximum absolute atomic E-state index is 11.1. The zero-order valence-corrected chi connectivity index (χ0v) is 19.7. The zero-order valence-electron chi connectivity index (χ0n) is 19.7. The van der Waals surface area contributed by atoms with Crippen molar-refractivity contribution >= 4 is 12.2 Å². The van der Waals surface area contributed by atoms with Gasteiger partial charge in [0.05, 0.1) is 0 Å². The molecule has 0 aromatic heterocycles. The van der Waals surface area contributed by atoms with Crippen LogP contribution < -0.4 is 11.1 Å². The van der Waals surface area contributed by atoms with E-state index >= 15 is 0 Å². The third-order valence-corrected chi connectivity index (χ3v) is 3.76. The number of aliphatic hydroxyl groups excluding tert-OH is 1. The number of ketones is 1. The molecule has 170 valence electrons. The van der Waals surface area contributed by atoms with Gasteiger partial charge in [-0.1, -0.05) is 79.7 Å². The van der Waals surface area contributed by atoms with Crippen molar-refractivity contribution < 1.29 is 14.7 Å². The predicted molar refractivity (Wildman–Crippen MR) is 123 cm³/mol. The summed E-state index contributed by atoms with van der Waals surface area (Å²) >= 11 is 0. The minimum atomic E-state index is 0.0995. The summed E-state index contributed by atoms with van der Waals surface area (Å²) in [5.41, 5.74) is 6.07. The highest BCUT2D eigenvalue weighted by Crippen LogP contribution is 2.15. The Hall–Kier alpha value is -1.36. The number of carbonyl (C=O) groups is 2. The van der Waals surface area contributed by atoms with E-state index in [-0.39, 0.29) is 18.3 Å². The third kappa shape index (κ3) is 39.6. The third-order valence-electron chi connectivity index (χ3n) is 3.76. The van der Waals surface area contributed by atoms with Crippen molar-refractivity contribution in [2.24, 2.45) is 11.7 Å². The van der Waals surface area contributed by atoms with Gasteiger partial charge in [0.1, 0.15) is 5.78 Å². The fraction of sp³-hybridized carbons (Fsp3) is 0.826. The van der Waals surface area contributed by atoms with Crippen molar-refractivity contribution in [3.8, 4) is 0 Å². The van der Waals surface area contributed by atoms with E-state index in [1.54, 1.807) is 6.92 Å². The molecule has 0 bridgehead atoms. The SMILES string of the molecule is C=C(N)CC(CCCC)C(C)=O.CC.CCCCCC.O=CNCCCCO. The number of unbranched alkanes of at least 4 members (excludes halogenated alkanes) is 5. The number of amides is 1.